The van der Waals surface area contributed by atoms with Gasteiger partial charge in [0.15, 0.2) is 0 Å². The quantitative estimate of drug-likeness (QED) is 0.444. The summed E-state index contributed by atoms with van der Waals surface area (Å²) in [5, 5.41) is 3.13. The molecule has 35 heavy (non-hydrogen) atoms. The largest absolute Gasteiger partial charge is 0.352 e. The van der Waals surface area contributed by atoms with Crippen LogP contribution in [0.25, 0.3) is 0 Å². The molecular formula is C23H27Cl3FN3O4S. The molecule has 0 aromatic heterocycles. The fraction of sp³-hybridized carbons (Fsp3) is 0.391. The number of amides is 2. The van der Waals surface area contributed by atoms with Crippen molar-refractivity contribution in [2.45, 2.75) is 45.8 Å². The number of anilines is 1. The molecule has 2 aromatic rings. The summed E-state index contributed by atoms with van der Waals surface area (Å²) < 4.78 is 39.5. The number of benzene rings is 2. The van der Waals surface area contributed by atoms with E-state index in [4.69, 9.17) is 34.8 Å². The first-order valence-electron chi connectivity index (χ1n) is 10.7. The van der Waals surface area contributed by atoms with Crippen molar-refractivity contribution < 1.29 is 22.4 Å². The lowest BCUT2D eigenvalue weighted by atomic mass is 10.1. The predicted molar refractivity (Wildman–Crippen MR) is 138 cm³/mol. The summed E-state index contributed by atoms with van der Waals surface area (Å²) in [5.74, 6) is -1.79. The Morgan fingerprint density at radius 2 is 1.69 bits per heavy atom. The fourth-order valence-electron chi connectivity index (χ4n) is 3.14. The van der Waals surface area contributed by atoms with Crippen molar-refractivity contribution in [1.29, 1.82) is 0 Å². The van der Waals surface area contributed by atoms with Crippen LogP contribution in [0.5, 0.6) is 0 Å². The van der Waals surface area contributed by atoms with Crippen LogP contribution >= 0.6 is 34.8 Å². The zero-order valence-electron chi connectivity index (χ0n) is 19.7. The molecule has 7 nitrogen and oxygen atoms in total. The molecule has 2 aromatic carbocycles. The maximum Gasteiger partial charge on any atom is 0.244 e. The molecule has 0 heterocycles. The maximum atomic E-state index is 13.6. The van der Waals surface area contributed by atoms with Gasteiger partial charge in [-0.15, -0.1) is 0 Å². The van der Waals surface area contributed by atoms with Gasteiger partial charge >= 0.3 is 0 Å². The van der Waals surface area contributed by atoms with Gasteiger partial charge in [0.05, 0.1) is 27.0 Å². The number of hydrogen-bond acceptors (Lipinski definition) is 4. The van der Waals surface area contributed by atoms with E-state index in [0.717, 1.165) is 22.7 Å². The first kappa shape index (κ1) is 29.2. The second-order valence-electron chi connectivity index (χ2n) is 8.13. The van der Waals surface area contributed by atoms with Gasteiger partial charge in [-0.3, -0.25) is 13.9 Å². The summed E-state index contributed by atoms with van der Waals surface area (Å²) in [6, 6.07) is 7.06. The van der Waals surface area contributed by atoms with Gasteiger partial charge in [0.25, 0.3) is 0 Å². The van der Waals surface area contributed by atoms with Gasteiger partial charge in [0.1, 0.15) is 18.4 Å². The SMILES string of the molecule is CC[C@H](C)NC(=O)[C@H](C)N(Cc1ccc(Cl)c(Cl)c1)C(=O)CN(c1ccc(F)c(Cl)c1)S(C)(=O)=O. The van der Waals surface area contributed by atoms with Crippen LogP contribution in [0, 0.1) is 5.82 Å². The first-order chi connectivity index (χ1) is 16.2. The lowest BCUT2D eigenvalue weighted by molar-refractivity contribution is -0.139. The Balaban J connectivity index is 2.43. The van der Waals surface area contributed by atoms with E-state index in [0.29, 0.717) is 17.0 Å². The van der Waals surface area contributed by atoms with Gasteiger partial charge in [-0.25, -0.2) is 12.8 Å². The van der Waals surface area contributed by atoms with Crippen molar-refractivity contribution in [3.8, 4) is 0 Å². The third-order valence-corrected chi connectivity index (χ3v) is 7.54. The van der Waals surface area contributed by atoms with E-state index in [1.54, 1.807) is 25.1 Å². The van der Waals surface area contributed by atoms with Crippen molar-refractivity contribution in [1.82, 2.24) is 10.2 Å². The lowest BCUT2D eigenvalue weighted by Crippen LogP contribution is -2.52. The topological polar surface area (TPSA) is 86.8 Å². The first-order valence-corrected chi connectivity index (χ1v) is 13.7. The fourth-order valence-corrected chi connectivity index (χ4v) is 4.47. The molecular weight excluding hydrogens is 540 g/mol. The van der Waals surface area contributed by atoms with Crippen LogP contribution in [0.4, 0.5) is 10.1 Å². The number of nitrogens with one attached hydrogen (secondary N) is 1. The highest BCUT2D eigenvalue weighted by atomic mass is 35.5. The Bertz CT molecular complexity index is 1200. The van der Waals surface area contributed by atoms with E-state index in [9.17, 15) is 22.4 Å². The number of nitrogens with zero attached hydrogens (tertiary/aromatic N) is 2. The van der Waals surface area contributed by atoms with Crippen LogP contribution in [0.15, 0.2) is 36.4 Å². The van der Waals surface area contributed by atoms with Gasteiger partial charge in [0, 0.05) is 12.6 Å². The summed E-state index contributed by atoms with van der Waals surface area (Å²) >= 11 is 17.9. The molecule has 2 rings (SSSR count). The van der Waals surface area contributed by atoms with E-state index < -0.39 is 40.2 Å². The van der Waals surface area contributed by atoms with Crippen molar-refractivity contribution in [2.75, 3.05) is 17.1 Å². The molecule has 2 atom stereocenters. The Morgan fingerprint density at radius 1 is 1.03 bits per heavy atom. The van der Waals surface area contributed by atoms with Crippen LogP contribution in [0.3, 0.4) is 0 Å². The summed E-state index contributed by atoms with van der Waals surface area (Å²) in [6.45, 7) is 4.62. The standard InChI is InChI=1S/C23H27Cl3FN3O4S/c1-5-14(2)28-23(32)15(3)29(12-16-6-8-18(24)19(25)10-16)22(31)13-30(35(4,33)34)17-7-9-21(27)20(26)11-17/h6-11,14-15H,5,12-13H2,1-4H3,(H,28,32)/t14-,15-/m0/s1. The molecule has 0 aliphatic rings. The highest BCUT2D eigenvalue weighted by Crippen LogP contribution is 2.26. The van der Waals surface area contributed by atoms with Crippen molar-refractivity contribution in [2.24, 2.45) is 0 Å². The summed E-state index contributed by atoms with van der Waals surface area (Å²) in [7, 11) is -3.96. The lowest BCUT2D eigenvalue weighted by Gasteiger charge is -2.32. The smallest absolute Gasteiger partial charge is 0.244 e. The van der Waals surface area contributed by atoms with Crippen LogP contribution in [0.1, 0.15) is 32.8 Å². The average Bonchev–Trinajstić information content (AvgIpc) is 2.78. The monoisotopic (exact) mass is 565 g/mol. The number of hydrogen-bond donors (Lipinski definition) is 1. The Kier molecular flexibility index (Phi) is 10.2. The van der Waals surface area contributed by atoms with E-state index >= 15 is 0 Å². The molecule has 0 radical (unpaired) electrons. The van der Waals surface area contributed by atoms with Crippen LogP contribution in [-0.4, -0.2) is 50.0 Å². The van der Waals surface area contributed by atoms with E-state index in [-0.39, 0.29) is 28.3 Å². The predicted octanol–water partition coefficient (Wildman–Crippen LogP) is 4.88. The Hall–Kier alpha value is -2.07. The van der Waals surface area contributed by atoms with Gasteiger partial charge in [-0.1, -0.05) is 47.8 Å². The Morgan fingerprint density at radius 3 is 2.23 bits per heavy atom. The second kappa shape index (κ2) is 12.3. The number of carbonyl (C=O) groups is 2. The molecule has 0 spiro atoms. The van der Waals surface area contributed by atoms with Gasteiger partial charge < -0.3 is 10.2 Å². The minimum absolute atomic E-state index is 0.0125. The second-order valence-corrected chi connectivity index (χ2v) is 11.3. The van der Waals surface area contributed by atoms with Gasteiger partial charge in [-0.2, -0.15) is 0 Å². The summed E-state index contributed by atoms with van der Waals surface area (Å²) in [6.07, 6.45) is 1.60. The molecule has 0 bridgehead atoms. The molecule has 1 N–H and O–H groups in total. The van der Waals surface area contributed by atoms with Crippen molar-refractivity contribution in [3.05, 3.63) is 62.8 Å². The summed E-state index contributed by atoms with van der Waals surface area (Å²) in [4.78, 5) is 27.6. The zero-order chi connectivity index (χ0) is 26.5. The van der Waals surface area contributed by atoms with Crippen LogP contribution in [-0.2, 0) is 26.2 Å². The molecule has 0 saturated carbocycles. The maximum absolute atomic E-state index is 13.6. The van der Waals surface area contributed by atoms with Gasteiger partial charge in [-0.05, 0) is 56.2 Å². The Labute approximate surface area is 220 Å². The third-order valence-electron chi connectivity index (χ3n) is 5.38. The number of sulfonamides is 1. The van der Waals surface area contributed by atoms with Crippen molar-refractivity contribution >= 4 is 62.3 Å². The van der Waals surface area contributed by atoms with E-state index in [2.05, 4.69) is 5.32 Å². The normalized spacial score (nSPS) is 13.1. The minimum atomic E-state index is -3.96. The molecule has 12 heteroatoms. The molecule has 0 unspecified atom stereocenters. The van der Waals surface area contributed by atoms with Crippen LogP contribution in [0.2, 0.25) is 15.1 Å². The zero-order valence-corrected chi connectivity index (χ0v) is 22.8. The van der Waals surface area contributed by atoms with E-state index in [1.165, 1.54) is 11.0 Å². The van der Waals surface area contributed by atoms with Gasteiger partial charge in [0.2, 0.25) is 21.8 Å². The average molecular weight is 567 g/mol. The number of carbonyl (C=O) groups excluding carboxylic acids is 2. The molecule has 0 aliphatic carbocycles. The van der Waals surface area contributed by atoms with E-state index in [1.807, 2.05) is 13.8 Å². The number of rotatable bonds is 10. The molecule has 0 aliphatic heterocycles. The molecule has 2 amide bonds. The molecule has 192 valence electrons. The minimum Gasteiger partial charge on any atom is -0.352 e. The highest BCUT2D eigenvalue weighted by Gasteiger charge is 2.30. The highest BCUT2D eigenvalue weighted by molar-refractivity contribution is 7.92. The van der Waals surface area contributed by atoms with Crippen LogP contribution < -0.4 is 9.62 Å². The summed E-state index contributed by atoms with van der Waals surface area (Å²) in [5.41, 5.74) is 0.602. The van der Waals surface area contributed by atoms with Crippen molar-refractivity contribution in [3.63, 3.8) is 0 Å². The molecule has 0 saturated heterocycles. The molecule has 0 fully saturated rings. The third kappa shape index (κ3) is 7.96. The number of halogens is 4.